The molecule has 7 heavy (non-hydrogen) atoms. The van der Waals surface area contributed by atoms with Crippen molar-refractivity contribution >= 4 is 39.7 Å². The van der Waals surface area contributed by atoms with Gasteiger partial charge in [0.1, 0.15) is 5.88 Å². The summed E-state index contributed by atoms with van der Waals surface area (Å²) in [6.07, 6.45) is 0. The maximum atomic E-state index is 9.43. The molecule has 0 aliphatic heterocycles. The Morgan fingerprint density at radius 1 is 1.57 bits per heavy atom. The molecule has 0 aromatic heterocycles. The van der Waals surface area contributed by atoms with Crippen LogP contribution in [0.1, 0.15) is 0 Å². The molecule has 39 valence electrons. The largest absolute Gasteiger partial charge is 0.316 e. The molecule has 0 bridgehead atoms. The minimum Gasteiger partial charge on any atom is -0.316 e. The first-order chi connectivity index (χ1) is 2.56. The zero-order valence-corrected chi connectivity index (χ0v) is 6.77. The second kappa shape index (κ2) is 3.82. The zero-order chi connectivity index (χ0) is 5.21. The summed E-state index contributed by atoms with van der Waals surface area (Å²) in [5.41, 5.74) is 4.47. The Kier molecular flexibility index (Phi) is 5.89. The van der Waals surface area contributed by atoms with E-state index in [2.05, 4.69) is 5.73 Å². The molecular formula is CH5NNaO3S. The van der Waals surface area contributed by atoms with Gasteiger partial charge in [-0.25, -0.2) is 0 Å². The van der Waals surface area contributed by atoms with E-state index in [1.54, 1.807) is 0 Å². The first kappa shape index (κ1) is 10.8. The molecule has 0 fully saturated rings. The molecule has 0 saturated heterocycles. The van der Waals surface area contributed by atoms with Crippen molar-refractivity contribution in [1.82, 2.24) is 0 Å². The monoisotopic (exact) mass is 134 g/mol. The Labute approximate surface area is 64.1 Å². The Hall–Kier alpha value is 0.870. The van der Waals surface area contributed by atoms with Gasteiger partial charge in [0.15, 0.2) is 0 Å². The van der Waals surface area contributed by atoms with Crippen LogP contribution in [-0.4, -0.2) is 48.4 Å². The molecule has 0 aromatic rings. The van der Waals surface area contributed by atoms with Crippen molar-refractivity contribution in [2.24, 2.45) is 5.73 Å². The second-order valence-electron chi connectivity index (χ2n) is 0.749. The topological polar surface area (TPSA) is 80.4 Å². The molecule has 0 unspecified atom stereocenters. The normalized spacial score (nSPS) is 10.0. The third kappa shape index (κ3) is 10.9. The van der Waals surface area contributed by atoms with Crippen LogP contribution in [0.3, 0.4) is 0 Å². The Balaban J connectivity index is 0. The Morgan fingerprint density at radius 2 is 1.71 bits per heavy atom. The molecule has 0 rings (SSSR count). The number of nitrogens with two attached hydrogens (primary N) is 1. The van der Waals surface area contributed by atoms with Crippen molar-refractivity contribution in [3.05, 3.63) is 0 Å². The van der Waals surface area contributed by atoms with Crippen molar-refractivity contribution in [1.29, 1.82) is 0 Å². The fourth-order valence-electron chi connectivity index (χ4n) is 0. The summed E-state index contributed by atoms with van der Waals surface area (Å²) < 4.78 is 26.5. The summed E-state index contributed by atoms with van der Waals surface area (Å²) in [6.45, 7) is 0. The second-order valence-corrected chi connectivity index (χ2v) is 2.25. The van der Waals surface area contributed by atoms with E-state index in [0.717, 1.165) is 0 Å². The Bertz CT molecular complexity index is 117. The van der Waals surface area contributed by atoms with E-state index < -0.39 is 16.0 Å². The SMILES string of the molecule is NCS(=O)(=O)O.[Na]. The number of hydrogen-bond donors (Lipinski definition) is 2. The fraction of sp³-hybridized carbons (Fsp3) is 1.00. The van der Waals surface area contributed by atoms with E-state index >= 15 is 0 Å². The standard InChI is InChI=1S/CH5NO3S.Na/c2-1-6(3,4)5;/h1-2H2,(H,3,4,5);. The molecule has 0 spiro atoms. The summed E-state index contributed by atoms with van der Waals surface area (Å²) in [5, 5.41) is 0. The van der Waals surface area contributed by atoms with E-state index in [1.807, 2.05) is 0 Å². The van der Waals surface area contributed by atoms with E-state index in [-0.39, 0.29) is 29.6 Å². The van der Waals surface area contributed by atoms with Gasteiger partial charge in [-0.15, -0.1) is 0 Å². The van der Waals surface area contributed by atoms with Gasteiger partial charge in [-0.2, -0.15) is 8.42 Å². The molecule has 1 radical (unpaired) electrons. The third-order valence-electron chi connectivity index (χ3n) is 0.211. The number of rotatable bonds is 1. The third-order valence-corrected chi connectivity index (χ3v) is 0.632. The summed E-state index contributed by atoms with van der Waals surface area (Å²) in [5.74, 6) is -0.701. The van der Waals surface area contributed by atoms with E-state index in [1.165, 1.54) is 0 Å². The van der Waals surface area contributed by atoms with E-state index in [4.69, 9.17) is 4.55 Å². The van der Waals surface area contributed by atoms with Crippen LogP contribution in [0.5, 0.6) is 0 Å². The van der Waals surface area contributed by atoms with Crippen LogP contribution in [0.2, 0.25) is 0 Å². The summed E-state index contributed by atoms with van der Waals surface area (Å²) in [6, 6.07) is 0. The van der Waals surface area contributed by atoms with Crippen LogP contribution in [0.25, 0.3) is 0 Å². The number of hydrogen-bond acceptors (Lipinski definition) is 3. The van der Waals surface area contributed by atoms with Crippen molar-refractivity contribution in [3.63, 3.8) is 0 Å². The van der Waals surface area contributed by atoms with Gasteiger partial charge in [-0.1, -0.05) is 0 Å². The molecule has 0 aromatic carbocycles. The van der Waals surface area contributed by atoms with Crippen molar-refractivity contribution in [2.75, 3.05) is 5.88 Å². The van der Waals surface area contributed by atoms with Crippen LogP contribution in [-0.2, 0) is 10.1 Å². The van der Waals surface area contributed by atoms with Crippen LogP contribution >= 0.6 is 0 Å². The average molecular weight is 134 g/mol. The van der Waals surface area contributed by atoms with Crippen LogP contribution in [0.15, 0.2) is 0 Å². The summed E-state index contributed by atoms with van der Waals surface area (Å²) in [4.78, 5) is 0. The van der Waals surface area contributed by atoms with E-state index in [9.17, 15) is 8.42 Å². The van der Waals surface area contributed by atoms with Crippen molar-refractivity contribution in [3.8, 4) is 0 Å². The van der Waals surface area contributed by atoms with Crippen LogP contribution in [0, 0.1) is 0 Å². The quantitative estimate of drug-likeness (QED) is 0.334. The molecule has 0 aliphatic rings. The molecule has 0 atom stereocenters. The minimum atomic E-state index is -3.88. The van der Waals surface area contributed by atoms with E-state index in [0.29, 0.717) is 0 Å². The molecule has 0 saturated carbocycles. The predicted molar refractivity (Wildman–Crippen MR) is 26.4 cm³/mol. The molecule has 0 aliphatic carbocycles. The van der Waals surface area contributed by atoms with Gasteiger partial charge in [-0.05, 0) is 0 Å². The smallest absolute Gasteiger partial charge is 0.277 e. The van der Waals surface area contributed by atoms with Gasteiger partial charge < -0.3 is 5.73 Å². The first-order valence-corrected chi connectivity index (χ1v) is 2.82. The Morgan fingerprint density at radius 3 is 1.71 bits per heavy atom. The molecule has 4 nitrogen and oxygen atoms in total. The van der Waals surface area contributed by atoms with Crippen molar-refractivity contribution < 1.29 is 13.0 Å². The zero-order valence-electron chi connectivity index (χ0n) is 3.96. The molecule has 3 N–H and O–H groups in total. The van der Waals surface area contributed by atoms with Crippen LogP contribution in [0.4, 0.5) is 0 Å². The summed E-state index contributed by atoms with van der Waals surface area (Å²) in [7, 11) is -3.88. The van der Waals surface area contributed by atoms with Gasteiger partial charge in [-0.3, -0.25) is 4.55 Å². The van der Waals surface area contributed by atoms with Gasteiger partial charge >= 0.3 is 0 Å². The van der Waals surface area contributed by atoms with Gasteiger partial charge in [0, 0.05) is 29.6 Å². The molecule has 0 amide bonds. The average Bonchev–Trinajstić information content (AvgIpc) is 1.35. The summed E-state index contributed by atoms with van der Waals surface area (Å²) >= 11 is 0. The van der Waals surface area contributed by atoms with Crippen LogP contribution < -0.4 is 5.73 Å². The minimum absolute atomic E-state index is 0. The molecule has 6 heteroatoms. The fourth-order valence-corrected chi connectivity index (χ4v) is 0. The van der Waals surface area contributed by atoms with Gasteiger partial charge in [0.2, 0.25) is 0 Å². The van der Waals surface area contributed by atoms with Gasteiger partial charge in [0.25, 0.3) is 10.1 Å². The van der Waals surface area contributed by atoms with Crippen molar-refractivity contribution in [2.45, 2.75) is 0 Å². The van der Waals surface area contributed by atoms with Gasteiger partial charge in [0.05, 0.1) is 0 Å². The molecular weight excluding hydrogens is 129 g/mol. The predicted octanol–water partition coefficient (Wildman–Crippen LogP) is -1.59. The maximum absolute atomic E-state index is 9.43. The maximum Gasteiger partial charge on any atom is 0.277 e. The molecule has 0 heterocycles. The first-order valence-electron chi connectivity index (χ1n) is 1.21.